The molecule has 3 heterocycles. The van der Waals surface area contributed by atoms with E-state index in [1.54, 1.807) is 11.3 Å². The van der Waals surface area contributed by atoms with Crippen molar-refractivity contribution in [2.24, 2.45) is 5.92 Å². The number of fused-ring (bicyclic) bond motifs is 1. The van der Waals surface area contributed by atoms with E-state index in [-0.39, 0.29) is 17.7 Å². The third kappa shape index (κ3) is 2.97. The van der Waals surface area contributed by atoms with Gasteiger partial charge in [0.15, 0.2) is 4.96 Å². The standard InChI is InChI=1S/C16H20N4O2S/c1-10-7-19-9-12(18-16(19)23-10)6-17-15(22)11-2-5-14(21)20(8-11)13-3-4-13/h7,9,11,13H,2-6,8H2,1H3,(H,17,22)/t11-/m1/s1. The highest BCUT2D eigenvalue weighted by molar-refractivity contribution is 7.16. The maximum atomic E-state index is 12.4. The molecule has 0 unspecified atom stereocenters. The van der Waals surface area contributed by atoms with E-state index in [1.165, 1.54) is 4.88 Å². The Balaban J connectivity index is 1.35. The minimum absolute atomic E-state index is 0.0377. The molecule has 122 valence electrons. The van der Waals surface area contributed by atoms with Crippen molar-refractivity contribution in [1.29, 1.82) is 0 Å². The zero-order chi connectivity index (χ0) is 16.0. The van der Waals surface area contributed by atoms with Gasteiger partial charge in [0.05, 0.1) is 18.2 Å². The second kappa shape index (κ2) is 5.63. The van der Waals surface area contributed by atoms with E-state index in [1.807, 2.05) is 21.7 Å². The van der Waals surface area contributed by atoms with Gasteiger partial charge < -0.3 is 10.2 Å². The van der Waals surface area contributed by atoms with Gasteiger partial charge in [0, 0.05) is 36.3 Å². The van der Waals surface area contributed by atoms with E-state index < -0.39 is 0 Å². The number of thiazole rings is 1. The molecule has 0 spiro atoms. The van der Waals surface area contributed by atoms with Gasteiger partial charge in [-0.3, -0.25) is 14.0 Å². The summed E-state index contributed by atoms with van der Waals surface area (Å²) in [5.74, 6) is 0.163. The van der Waals surface area contributed by atoms with Crippen molar-refractivity contribution < 1.29 is 9.59 Å². The van der Waals surface area contributed by atoms with Crippen molar-refractivity contribution in [2.45, 2.75) is 45.2 Å². The summed E-state index contributed by atoms with van der Waals surface area (Å²) in [6.07, 6.45) is 7.33. The number of carbonyl (C=O) groups is 2. The van der Waals surface area contributed by atoms with Crippen LogP contribution in [0, 0.1) is 12.8 Å². The number of carbonyl (C=O) groups excluding carboxylic acids is 2. The molecule has 2 fully saturated rings. The molecule has 0 radical (unpaired) electrons. The first kappa shape index (κ1) is 14.7. The molecular weight excluding hydrogens is 312 g/mol. The number of amides is 2. The molecule has 23 heavy (non-hydrogen) atoms. The summed E-state index contributed by atoms with van der Waals surface area (Å²) in [6.45, 7) is 3.07. The molecule has 1 saturated heterocycles. The molecule has 1 aliphatic heterocycles. The Bertz CT molecular complexity index is 730. The van der Waals surface area contributed by atoms with Crippen LogP contribution in [0.4, 0.5) is 0 Å². The fourth-order valence-electron chi connectivity index (χ4n) is 3.19. The quantitative estimate of drug-likeness (QED) is 0.927. The number of nitrogens with one attached hydrogen (secondary N) is 1. The first-order valence-corrected chi connectivity index (χ1v) is 8.93. The number of aryl methyl sites for hydroxylation is 1. The first-order valence-electron chi connectivity index (χ1n) is 8.11. The molecule has 6 nitrogen and oxygen atoms in total. The van der Waals surface area contributed by atoms with E-state index in [4.69, 9.17) is 0 Å². The largest absolute Gasteiger partial charge is 0.350 e. The van der Waals surface area contributed by atoms with Crippen molar-refractivity contribution in [3.8, 4) is 0 Å². The minimum Gasteiger partial charge on any atom is -0.350 e. The van der Waals surface area contributed by atoms with E-state index in [9.17, 15) is 9.59 Å². The average Bonchev–Trinajstić information content (AvgIpc) is 3.21. The minimum atomic E-state index is -0.0840. The van der Waals surface area contributed by atoms with Crippen LogP contribution in [0.1, 0.15) is 36.3 Å². The lowest BCUT2D eigenvalue weighted by atomic mass is 9.96. The van der Waals surface area contributed by atoms with E-state index in [0.29, 0.717) is 32.0 Å². The third-order valence-corrected chi connectivity index (χ3v) is 5.48. The number of hydrogen-bond donors (Lipinski definition) is 1. The van der Waals surface area contributed by atoms with Gasteiger partial charge in [-0.05, 0) is 26.2 Å². The number of likely N-dealkylation sites (tertiary alicyclic amines) is 1. The molecule has 2 aromatic heterocycles. The Labute approximate surface area is 138 Å². The zero-order valence-corrected chi connectivity index (χ0v) is 13.9. The Hall–Kier alpha value is -1.89. The summed E-state index contributed by atoms with van der Waals surface area (Å²) in [6, 6.07) is 0.390. The molecule has 4 rings (SSSR count). The van der Waals surface area contributed by atoms with Gasteiger partial charge in [0.25, 0.3) is 0 Å². The maximum absolute atomic E-state index is 12.4. The molecule has 2 amide bonds. The fraction of sp³-hybridized carbons (Fsp3) is 0.562. The van der Waals surface area contributed by atoms with E-state index in [0.717, 1.165) is 23.5 Å². The fourth-order valence-corrected chi connectivity index (χ4v) is 4.02. The van der Waals surface area contributed by atoms with Crippen LogP contribution >= 0.6 is 11.3 Å². The SMILES string of the molecule is Cc1cn2cc(CNC(=O)[C@@H]3CCC(=O)N(C4CC4)C3)nc2s1. The summed E-state index contributed by atoms with van der Waals surface area (Å²) in [5, 5.41) is 2.98. The van der Waals surface area contributed by atoms with Gasteiger partial charge in [0.1, 0.15) is 0 Å². The van der Waals surface area contributed by atoms with Crippen LogP contribution < -0.4 is 5.32 Å². The highest BCUT2D eigenvalue weighted by Crippen LogP contribution is 2.31. The molecule has 0 bridgehead atoms. The van der Waals surface area contributed by atoms with Crippen LogP contribution in [0.15, 0.2) is 12.4 Å². The molecule has 2 aliphatic rings. The van der Waals surface area contributed by atoms with Crippen molar-refractivity contribution in [3.05, 3.63) is 23.0 Å². The molecule has 2 aromatic rings. The maximum Gasteiger partial charge on any atom is 0.225 e. The van der Waals surface area contributed by atoms with Gasteiger partial charge in [-0.25, -0.2) is 4.98 Å². The van der Waals surface area contributed by atoms with Crippen molar-refractivity contribution >= 4 is 28.1 Å². The summed E-state index contributed by atoms with van der Waals surface area (Å²) in [4.78, 5) is 32.9. The van der Waals surface area contributed by atoms with Crippen LogP contribution in [0.5, 0.6) is 0 Å². The Morgan fingerprint density at radius 1 is 1.39 bits per heavy atom. The van der Waals surface area contributed by atoms with Crippen LogP contribution in [0.2, 0.25) is 0 Å². The van der Waals surface area contributed by atoms with Gasteiger partial charge in [-0.2, -0.15) is 0 Å². The number of imidazole rings is 1. The first-order chi connectivity index (χ1) is 11.1. The number of aromatic nitrogens is 2. The molecule has 1 atom stereocenters. The van der Waals surface area contributed by atoms with Gasteiger partial charge in [0.2, 0.25) is 11.8 Å². The topological polar surface area (TPSA) is 66.7 Å². The van der Waals surface area contributed by atoms with Crippen LogP contribution in [0.25, 0.3) is 4.96 Å². The lowest BCUT2D eigenvalue weighted by Crippen LogP contribution is -2.46. The second-order valence-corrected chi connectivity index (χ2v) is 7.71. The highest BCUT2D eigenvalue weighted by atomic mass is 32.1. The smallest absolute Gasteiger partial charge is 0.225 e. The predicted molar refractivity (Wildman–Crippen MR) is 87.1 cm³/mol. The molecule has 1 N–H and O–H groups in total. The van der Waals surface area contributed by atoms with E-state index in [2.05, 4.69) is 17.2 Å². The molecule has 1 aliphatic carbocycles. The summed E-state index contributed by atoms with van der Waals surface area (Å²) in [5.41, 5.74) is 0.871. The molecule has 0 aromatic carbocycles. The average molecular weight is 332 g/mol. The number of piperidine rings is 1. The molecule has 7 heteroatoms. The van der Waals surface area contributed by atoms with Gasteiger partial charge >= 0.3 is 0 Å². The number of hydrogen-bond acceptors (Lipinski definition) is 4. The second-order valence-electron chi connectivity index (χ2n) is 6.49. The zero-order valence-electron chi connectivity index (χ0n) is 13.1. The van der Waals surface area contributed by atoms with Gasteiger partial charge in [-0.1, -0.05) is 0 Å². The summed E-state index contributed by atoms with van der Waals surface area (Å²) in [7, 11) is 0. The lowest BCUT2D eigenvalue weighted by Gasteiger charge is -2.32. The monoisotopic (exact) mass is 332 g/mol. The van der Waals surface area contributed by atoms with Crippen LogP contribution in [-0.2, 0) is 16.1 Å². The Morgan fingerprint density at radius 3 is 2.96 bits per heavy atom. The van der Waals surface area contributed by atoms with E-state index >= 15 is 0 Å². The van der Waals surface area contributed by atoms with Gasteiger partial charge in [-0.15, -0.1) is 11.3 Å². The Kier molecular flexibility index (Phi) is 3.60. The summed E-state index contributed by atoms with van der Waals surface area (Å²) < 4.78 is 2.00. The number of nitrogens with zero attached hydrogens (tertiary/aromatic N) is 3. The number of rotatable bonds is 4. The normalized spacial score (nSPS) is 21.9. The van der Waals surface area contributed by atoms with Crippen LogP contribution in [-0.4, -0.2) is 38.7 Å². The molecule has 1 saturated carbocycles. The Morgan fingerprint density at radius 2 is 2.22 bits per heavy atom. The van der Waals surface area contributed by atoms with Crippen molar-refractivity contribution in [3.63, 3.8) is 0 Å². The highest BCUT2D eigenvalue weighted by Gasteiger charge is 2.38. The van der Waals surface area contributed by atoms with Crippen molar-refractivity contribution in [1.82, 2.24) is 19.6 Å². The van der Waals surface area contributed by atoms with Crippen molar-refractivity contribution in [2.75, 3.05) is 6.54 Å². The molecular formula is C16H20N4O2S. The lowest BCUT2D eigenvalue weighted by molar-refractivity contribution is -0.138. The predicted octanol–water partition coefficient (Wildman–Crippen LogP) is 1.72. The third-order valence-electron chi connectivity index (χ3n) is 4.57. The summed E-state index contributed by atoms with van der Waals surface area (Å²) >= 11 is 1.64. The van der Waals surface area contributed by atoms with Crippen LogP contribution in [0.3, 0.4) is 0 Å².